The second-order valence-corrected chi connectivity index (χ2v) is 3.22. The normalized spacial score (nSPS) is 10.5. The molecule has 0 aliphatic carbocycles. The summed E-state index contributed by atoms with van der Waals surface area (Å²) in [5, 5.41) is 7.14. The first-order valence-electron chi connectivity index (χ1n) is 4.57. The van der Waals surface area contributed by atoms with Crippen molar-refractivity contribution in [1.29, 1.82) is 0 Å². The van der Waals surface area contributed by atoms with Crippen LogP contribution in [-0.4, -0.2) is 10.3 Å². The van der Waals surface area contributed by atoms with E-state index >= 15 is 0 Å². The van der Waals surface area contributed by atoms with Gasteiger partial charge >= 0.3 is 0 Å². The van der Waals surface area contributed by atoms with Crippen LogP contribution in [0.5, 0.6) is 0 Å². The van der Waals surface area contributed by atoms with Gasteiger partial charge < -0.3 is 5.73 Å². The van der Waals surface area contributed by atoms with Gasteiger partial charge in [0, 0.05) is 6.42 Å². The molecule has 1 aromatic heterocycles. The molecule has 0 fully saturated rings. The Morgan fingerprint density at radius 2 is 1.87 bits per heavy atom. The van der Waals surface area contributed by atoms with E-state index in [0.29, 0.717) is 17.9 Å². The van der Waals surface area contributed by atoms with E-state index in [2.05, 4.69) is 14.9 Å². The Morgan fingerprint density at radius 1 is 1.13 bits per heavy atom. The maximum absolute atomic E-state index is 12.6. The largest absolute Gasteiger partial charge is 0.379 e. The van der Waals surface area contributed by atoms with Crippen LogP contribution in [0, 0.1) is 5.82 Å². The number of benzene rings is 1. The number of aromatic nitrogens is 2. The van der Waals surface area contributed by atoms with Crippen molar-refractivity contribution in [3.63, 3.8) is 0 Å². The number of halogens is 1. The van der Waals surface area contributed by atoms with Crippen molar-refractivity contribution >= 4 is 5.82 Å². The quantitative estimate of drug-likeness (QED) is 0.829. The maximum atomic E-state index is 12.6. The molecular formula is C10H10FN3O. The van der Waals surface area contributed by atoms with Gasteiger partial charge in [0.15, 0.2) is 5.82 Å². The molecule has 0 bridgehead atoms. The number of aryl methyl sites for hydroxylation is 2. The van der Waals surface area contributed by atoms with Crippen molar-refractivity contribution in [3.8, 4) is 0 Å². The van der Waals surface area contributed by atoms with Gasteiger partial charge in [-0.05, 0) is 29.3 Å². The second kappa shape index (κ2) is 4.08. The van der Waals surface area contributed by atoms with Crippen molar-refractivity contribution in [3.05, 3.63) is 41.3 Å². The van der Waals surface area contributed by atoms with E-state index in [9.17, 15) is 4.39 Å². The van der Waals surface area contributed by atoms with Crippen LogP contribution < -0.4 is 5.73 Å². The smallest absolute Gasteiger partial charge is 0.191 e. The number of anilines is 1. The molecule has 4 nitrogen and oxygen atoms in total. The van der Waals surface area contributed by atoms with Crippen LogP contribution in [0.1, 0.15) is 11.3 Å². The van der Waals surface area contributed by atoms with Gasteiger partial charge in [-0.15, -0.1) is 0 Å². The minimum absolute atomic E-state index is 0.235. The van der Waals surface area contributed by atoms with Crippen LogP contribution in [0.15, 0.2) is 28.9 Å². The summed E-state index contributed by atoms with van der Waals surface area (Å²) in [6.07, 6.45) is 1.37. The summed E-state index contributed by atoms with van der Waals surface area (Å²) in [7, 11) is 0. The zero-order chi connectivity index (χ0) is 10.7. The van der Waals surface area contributed by atoms with Gasteiger partial charge in [0.1, 0.15) is 11.5 Å². The summed E-state index contributed by atoms with van der Waals surface area (Å²) in [6, 6.07) is 6.33. The monoisotopic (exact) mass is 207 g/mol. The van der Waals surface area contributed by atoms with Gasteiger partial charge in [0.25, 0.3) is 0 Å². The lowest BCUT2D eigenvalue weighted by atomic mass is 10.1. The highest BCUT2D eigenvalue weighted by Crippen LogP contribution is 2.10. The first-order valence-corrected chi connectivity index (χ1v) is 4.57. The fourth-order valence-corrected chi connectivity index (χ4v) is 1.30. The number of nitrogens with two attached hydrogens (primary N) is 1. The second-order valence-electron chi connectivity index (χ2n) is 3.22. The highest BCUT2D eigenvalue weighted by molar-refractivity contribution is 5.31. The van der Waals surface area contributed by atoms with Crippen molar-refractivity contribution in [1.82, 2.24) is 10.3 Å². The van der Waals surface area contributed by atoms with Gasteiger partial charge in [-0.3, -0.25) is 0 Å². The molecule has 0 spiro atoms. The summed E-state index contributed by atoms with van der Waals surface area (Å²) in [4.78, 5) is 0. The van der Waals surface area contributed by atoms with E-state index in [1.807, 2.05) is 0 Å². The lowest BCUT2D eigenvalue weighted by Gasteiger charge is -1.98. The van der Waals surface area contributed by atoms with Crippen molar-refractivity contribution in [2.75, 3.05) is 5.73 Å². The molecular weight excluding hydrogens is 197 g/mol. The van der Waals surface area contributed by atoms with Crippen LogP contribution in [-0.2, 0) is 12.8 Å². The first kappa shape index (κ1) is 9.64. The Morgan fingerprint density at radius 3 is 2.47 bits per heavy atom. The molecule has 0 saturated carbocycles. The van der Waals surface area contributed by atoms with Crippen LogP contribution >= 0.6 is 0 Å². The van der Waals surface area contributed by atoms with Gasteiger partial charge in [-0.1, -0.05) is 17.3 Å². The number of hydrogen-bond acceptors (Lipinski definition) is 4. The Balaban J connectivity index is 1.99. The first-order chi connectivity index (χ1) is 7.25. The van der Waals surface area contributed by atoms with Crippen molar-refractivity contribution in [2.24, 2.45) is 0 Å². The van der Waals surface area contributed by atoms with Gasteiger partial charge in [0.2, 0.25) is 0 Å². The molecule has 1 aromatic carbocycles. The zero-order valence-corrected chi connectivity index (χ0v) is 7.98. The predicted molar refractivity (Wildman–Crippen MR) is 52.5 cm³/mol. The van der Waals surface area contributed by atoms with Crippen LogP contribution in [0.25, 0.3) is 0 Å². The summed E-state index contributed by atoms with van der Waals surface area (Å²) < 4.78 is 17.1. The molecule has 0 amide bonds. The molecule has 0 unspecified atom stereocenters. The molecule has 0 atom stereocenters. The topological polar surface area (TPSA) is 64.9 Å². The third kappa shape index (κ3) is 2.31. The highest BCUT2D eigenvalue weighted by Gasteiger charge is 2.05. The van der Waals surface area contributed by atoms with Gasteiger partial charge in [-0.25, -0.2) is 9.02 Å². The molecule has 2 rings (SSSR count). The Kier molecular flexibility index (Phi) is 2.62. The average molecular weight is 207 g/mol. The Bertz CT molecular complexity index is 438. The van der Waals surface area contributed by atoms with E-state index in [0.717, 1.165) is 12.0 Å². The number of nitrogen functional groups attached to an aromatic ring is 1. The molecule has 2 aromatic rings. The summed E-state index contributed by atoms with van der Waals surface area (Å²) in [6.45, 7) is 0. The van der Waals surface area contributed by atoms with E-state index in [4.69, 9.17) is 5.73 Å². The third-order valence-electron chi connectivity index (χ3n) is 2.15. The molecule has 1 heterocycles. The van der Waals surface area contributed by atoms with Crippen molar-refractivity contribution < 1.29 is 9.02 Å². The minimum atomic E-state index is -0.235. The molecule has 0 radical (unpaired) electrons. The standard InChI is InChI=1S/C10H10FN3O/c11-8-4-1-7(2-5-8)3-6-9-10(12)14-15-13-9/h1-2,4-5H,3,6H2,(H2,12,14). The molecule has 2 N–H and O–H groups in total. The SMILES string of the molecule is Nc1nonc1CCc1ccc(F)cc1. The van der Waals surface area contributed by atoms with E-state index in [-0.39, 0.29) is 5.82 Å². The van der Waals surface area contributed by atoms with Crippen molar-refractivity contribution in [2.45, 2.75) is 12.8 Å². The predicted octanol–water partition coefficient (Wildman–Crippen LogP) is 1.58. The lowest BCUT2D eigenvalue weighted by molar-refractivity contribution is 0.305. The number of hydrogen-bond donors (Lipinski definition) is 1. The molecule has 5 heteroatoms. The maximum Gasteiger partial charge on any atom is 0.191 e. The Labute approximate surface area is 85.9 Å². The number of nitrogens with zero attached hydrogens (tertiary/aromatic N) is 2. The van der Waals surface area contributed by atoms with E-state index < -0.39 is 0 Å². The minimum Gasteiger partial charge on any atom is -0.379 e. The molecule has 78 valence electrons. The van der Waals surface area contributed by atoms with Crippen LogP contribution in [0.4, 0.5) is 10.2 Å². The average Bonchev–Trinajstić information content (AvgIpc) is 2.63. The Hall–Kier alpha value is -1.91. The molecule has 0 aliphatic rings. The fraction of sp³-hybridized carbons (Fsp3) is 0.200. The van der Waals surface area contributed by atoms with Gasteiger partial charge in [-0.2, -0.15) is 0 Å². The summed E-state index contributed by atoms with van der Waals surface area (Å²) in [5.41, 5.74) is 7.17. The summed E-state index contributed by atoms with van der Waals surface area (Å²) in [5.74, 6) is 0.0819. The third-order valence-corrected chi connectivity index (χ3v) is 2.15. The molecule has 0 saturated heterocycles. The fourth-order valence-electron chi connectivity index (χ4n) is 1.30. The van der Waals surface area contributed by atoms with E-state index in [1.165, 1.54) is 12.1 Å². The van der Waals surface area contributed by atoms with Gasteiger partial charge in [0.05, 0.1) is 0 Å². The molecule has 15 heavy (non-hydrogen) atoms. The van der Waals surface area contributed by atoms with E-state index in [1.54, 1.807) is 12.1 Å². The molecule has 0 aliphatic heterocycles. The lowest BCUT2D eigenvalue weighted by Crippen LogP contribution is -1.96. The highest BCUT2D eigenvalue weighted by atomic mass is 19.1. The van der Waals surface area contributed by atoms with Crippen LogP contribution in [0.2, 0.25) is 0 Å². The summed E-state index contributed by atoms with van der Waals surface area (Å²) >= 11 is 0. The zero-order valence-electron chi connectivity index (χ0n) is 7.98. The van der Waals surface area contributed by atoms with Crippen LogP contribution in [0.3, 0.4) is 0 Å². The number of rotatable bonds is 3.